The topological polar surface area (TPSA) is 115 Å². The van der Waals surface area contributed by atoms with E-state index in [1.807, 2.05) is 24.3 Å². The molecule has 0 atom stereocenters. The molecule has 31 heavy (non-hydrogen) atoms. The first-order valence-corrected chi connectivity index (χ1v) is 10.4. The van der Waals surface area contributed by atoms with Gasteiger partial charge in [0.2, 0.25) is 5.95 Å². The maximum Gasteiger partial charge on any atom is 0.251 e. The van der Waals surface area contributed by atoms with E-state index >= 15 is 0 Å². The van der Waals surface area contributed by atoms with E-state index in [9.17, 15) is 4.79 Å². The summed E-state index contributed by atoms with van der Waals surface area (Å²) in [7, 11) is 0. The van der Waals surface area contributed by atoms with Crippen molar-refractivity contribution in [3.63, 3.8) is 0 Å². The average molecular weight is 416 g/mol. The highest BCUT2D eigenvalue weighted by atomic mass is 16.5. The van der Waals surface area contributed by atoms with Gasteiger partial charge in [0.05, 0.1) is 17.9 Å². The molecule has 1 amide bonds. The molecule has 0 saturated heterocycles. The number of pyridine rings is 1. The molecule has 8 heteroatoms. The Hall–Kier alpha value is -3.68. The number of ether oxygens (including phenoxy) is 1. The number of hydrogen-bond acceptors (Lipinski definition) is 7. The Labute approximate surface area is 180 Å². The van der Waals surface area contributed by atoms with Crippen LogP contribution in [0.2, 0.25) is 0 Å². The van der Waals surface area contributed by atoms with Crippen molar-refractivity contribution in [3.8, 4) is 17.0 Å². The molecule has 158 valence electrons. The summed E-state index contributed by atoms with van der Waals surface area (Å²) in [5.41, 5.74) is 9.89. The third kappa shape index (κ3) is 4.01. The van der Waals surface area contributed by atoms with Gasteiger partial charge in [-0.3, -0.25) is 4.79 Å². The molecule has 3 heterocycles. The van der Waals surface area contributed by atoms with Gasteiger partial charge in [-0.25, -0.2) is 15.0 Å². The van der Waals surface area contributed by atoms with Crippen LogP contribution in [0.25, 0.3) is 11.3 Å². The Balaban J connectivity index is 1.34. The van der Waals surface area contributed by atoms with Crippen LogP contribution >= 0.6 is 0 Å². The number of nitrogen functional groups attached to an aromatic ring is 1. The van der Waals surface area contributed by atoms with Crippen molar-refractivity contribution >= 4 is 17.7 Å². The van der Waals surface area contributed by atoms with Gasteiger partial charge in [-0.1, -0.05) is 12.1 Å². The third-order valence-electron chi connectivity index (χ3n) is 5.74. The van der Waals surface area contributed by atoms with Crippen molar-refractivity contribution < 1.29 is 9.53 Å². The molecule has 8 nitrogen and oxygen atoms in total. The second-order valence-corrected chi connectivity index (χ2v) is 8.30. The van der Waals surface area contributed by atoms with E-state index in [0.29, 0.717) is 24.4 Å². The van der Waals surface area contributed by atoms with Crippen LogP contribution in [0.15, 0.2) is 42.7 Å². The Morgan fingerprint density at radius 2 is 2.13 bits per heavy atom. The highest BCUT2D eigenvalue weighted by molar-refractivity contribution is 5.95. The molecular formula is C23H24N6O2. The van der Waals surface area contributed by atoms with Crippen LogP contribution in [0.3, 0.4) is 0 Å². The maximum atomic E-state index is 12.5. The summed E-state index contributed by atoms with van der Waals surface area (Å²) in [6.45, 7) is 3.22. The van der Waals surface area contributed by atoms with Gasteiger partial charge in [0.25, 0.3) is 5.91 Å². The predicted octanol–water partition coefficient (Wildman–Crippen LogP) is 2.95. The molecule has 5 rings (SSSR count). The van der Waals surface area contributed by atoms with Crippen molar-refractivity contribution in [2.75, 3.05) is 17.7 Å². The van der Waals surface area contributed by atoms with E-state index in [4.69, 9.17) is 10.5 Å². The van der Waals surface area contributed by atoms with E-state index < -0.39 is 0 Å². The number of nitrogens with zero attached hydrogens (tertiary/aromatic N) is 3. The number of anilines is 2. The summed E-state index contributed by atoms with van der Waals surface area (Å²) in [5, 5.41) is 6.50. The molecule has 1 aromatic carbocycles. The van der Waals surface area contributed by atoms with Crippen LogP contribution in [0.1, 0.15) is 41.3 Å². The number of benzene rings is 1. The number of carbonyl (C=O) groups is 1. The molecule has 1 saturated carbocycles. The van der Waals surface area contributed by atoms with Crippen molar-refractivity contribution in [2.24, 2.45) is 0 Å². The lowest BCUT2D eigenvalue weighted by Crippen LogP contribution is -2.34. The molecule has 4 N–H and O–H groups in total. The Bertz CT molecular complexity index is 1160. The van der Waals surface area contributed by atoms with Gasteiger partial charge in [0.15, 0.2) is 0 Å². The van der Waals surface area contributed by atoms with E-state index in [2.05, 4.69) is 32.5 Å². The monoisotopic (exact) mass is 416 g/mol. The molecule has 3 aromatic rings. The number of aromatic nitrogens is 3. The maximum absolute atomic E-state index is 12.5. The molecular weight excluding hydrogens is 392 g/mol. The first-order chi connectivity index (χ1) is 15.0. The number of fused-ring (bicyclic) bond motifs is 1. The quantitative estimate of drug-likeness (QED) is 0.566. The molecule has 0 spiro atoms. The minimum absolute atomic E-state index is 0.0252. The lowest BCUT2D eigenvalue weighted by molar-refractivity contribution is 0.0935. The molecule has 2 aromatic heterocycles. The van der Waals surface area contributed by atoms with Crippen molar-refractivity contribution in [2.45, 2.75) is 38.3 Å². The summed E-state index contributed by atoms with van der Waals surface area (Å²) in [6.07, 6.45) is 6.21. The smallest absolute Gasteiger partial charge is 0.251 e. The summed E-state index contributed by atoms with van der Waals surface area (Å²) >= 11 is 0. The highest BCUT2D eigenvalue weighted by Crippen LogP contribution is 2.39. The summed E-state index contributed by atoms with van der Waals surface area (Å²) < 4.78 is 5.89. The lowest BCUT2D eigenvalue weighted by Gasteiger charge is -2.14. The lowest BCUT2D eigenvalue weighted by atomic mass is 10.1. The van der Waals surface area contributed by atoms with Gasteiger partial charge in [-0.15, -0.1) is 0 Å². The largest absolute Gasteiger partial charge is 0.492 e. The zero-order chi connectivity index (χ0) is 21.4. The van der Waals surface area contributed by atoms with Crippen LogP contribution in [-0.4, -0.2) is 33.0 Å². The first kappa shape index (κ1) is 19.3. The van der Waals surface area contributed by atoms with Crippen LogP contribution in [0, 0.1) is 0 Å². The van der Waals surface area contributed by atoms with E-state index in [1.165, 1.54) is 0 Å². The second-order valence-electron chi connectivity index (χ2n) is 8.30. The molecule has 0 radical (unpaired) electrons. The average Bonchev–Trinajstić information content (AvgIpc) is 3.28. The van der Waals surface area contributed by atoms with Crippen molar-refractivity contribution in [1.82, 2.24) is 20.3 Å². The van der Waals surface area contributed by atoms with Crippen LogP contribution in [-0.2, 0) is 13.0 Å². The fraction of sp³-hybridized carbons (Fsp3) is 0.304. The Kier molecular flexibility index (Phi) is 4.69. The van der Waals surface area contributed by atoms with Gasteiger partial charge < -0.3 is 21.1 Å². The van der Waals surface area contributed by atoms with Gasteiger partial charge in [0.1, 0.15) is 11.6 Å². The number of nitrogens with one attached hydrogen (secondary N) is 2. The minimum Gasteiger partial charge on any atom is -0.492 e. The molecule has 1 fully saturated rings. The van der Waals surface area contributed by atoms with Gasteiger partial charge in [-0.05, 0) is 43.5 Å². The number of hydrogen-bond donors (Lipinski definition) is 3. The molecule has 0 bridgehead atoms. The van der Waals surface area contributed by atoms with Crippen LogP contribution < -0.4 is 21.1 Å². The SMILES string of the molecule is CC1(NC(=O)c2cccc(CNc3ncc(-c4ccnc(N)n4)c4c3CCO4)c2)CC1. The van der Waals surface area contributed by atoms with Gasteiger partial charge >= 0.3 is 0 Å². The predicted molar refractivity (Wildman–Crippen MR) is 118 cm³/mol. The third-order valence-corrected chi connectivity index (χ3v) is 5.74. The van der Waals surface area contributed by atoms with Gasteiger partial charge in [-0.2, -0.15) is 0 Å². The van der Waals surface area contributed by atoms with E-state index in [1.54, 1.807) is 18.5 Å². The zero-order valence-electron chi connectivity index (χ0n) is 17.3. The van der Waals surface area contributed by atoms with Crippen LogP contribution in [0.4, 0.5) is 11.8 Å². The van der Waals surface area contributed by atoms with Gasteiger partial charge in [0, 0.05) is 42.0 Å². The molecule has 2 aliphatic rings. The zero-order valence-corrected chi connectivity index (χ0v) is 17.3. The van der Waals surface area contributed by atoms with E-state index in [0.717, 1.165) is 47.5 Å². The number of carbonyl (C=O) groups excluding carboxylic acids is 1. The Morgan fingerprint density at radius 3 is 2.94 bits per heavy atom. The first-order valence-electron chi connectivity index (χ1n) is 10.4. The van der Waals surface area contributed by atoms with Crippen molar-refractivity contribution in [1.29, 1.82) is 0 Å². The standard InChI is InChI=1S/C23H24N6O2/c1-23(7-8-23)29-21(30)15-4-2-3-14(11-15)12-26-20-16-6-10-31-19(16)17(13-27-20)18-5-9-25-22(24)28-18/h2-5,9,11,13H,6-8,10,12H2,1H3,(H,26,27)(H,29,30)(H2,24,25,28). The molecule has 0 unspecified atom stereocenters. The minimum atomic E-state index is -0.0358. The Morgan fingerprint density at radius 1 is 1.26 bits per heavy atom. The molecule has 1 aliphatic heterocycles. The molecule has 1 aliphatic carbocycles. The fourth-order valence-electron chi connectivity index (χ4n) is 3.71. The van der Waals surface area contributed by atoms with Crippen LogP contribution in [0.5, 0.6) is 5.75 Å². The van der Waals surface area contributed by atoms with Crippen molar-refractivity contribution in [3.05, 3.63) is 59.4 Å². The summed E-state index contributed by atoms with van der Waals surface area (Å²) in [4.78, 5) is 25.3. The van der Waals surface area contributed by atoms with E-state index in [-0.39, 0.29) is 17.4 Å². The second kappa shape index (κ2) is 7.54. The number of rotatable bonds is 6. The normalized spacial score (nSPS) is 15.6. The highest BCUT2D eigenvalue weighted by Gasteiger charge is 2.38. The fourth-order valence-corrected chi connectivity index (χ4v) is 3.71. The number of nitrogens with two attached hydrogens (primary N) is 1. The summed E-state index contributed by atoms with van der Waals surface area (Å²) in [5.74, 6) is 1.74. The summed E-state index contributed by atoms with van der Waals surface area (Å²) in [6, 6.07) is 9.46. The number of amides is 1.